The second kappa shape index (κ2) is 4.20. The summed E-state index contributed by atoms with van der Waals surface area (Å²) >= 11 is 0. The molecule has 0 spiro atoms. The van der Waals surface area contributed by atoms with Gasteiger partial charge in [0.25, 0.3) is 0 Å². The number of hydrogen-bond acceptors (Lipinski definition) is 4. The second-order valence-electron chi connectivity index (χ2n) is 4.29. The average molecular weight is 238 g/mol. The molecule has 1 heterocycles. The van der Waals surface area contributed by atoms with Gasteiger partial charge in [0.2, 0.25) is 11.8 Å². The number of amides is 1. The molecule has 92 valence electrons. The molecule has 0 aliphatic heterocycles. The van der Waals surface area contributed by atoms with E-state index in [1.807, 2.05) is 0 Å². The van der Waals surface area contributed by atoms with Gasteiger partial charge < -0.3 is 14.8 Å². The number of nitrogens with zero attached hydrogens (tertiary/aromatic N) is 1. The summed E-state index contributed by atoms with van der Waals surface area (Å²) in [6.45, 7) is 1.88. The maximum absolute atomic E-state index is 11.8. The van der Waals surface area contributed by atoms with Gasteiger partial charge in [0.1, 0.15) is 11.2 Å². The summed E-state index contributed by atoms with van der Waals surface area (Å²) in [5.41, 5.74) is -1.23. The highest BCUT2D eigenvalue weighted by molar-refractivity contribution is 6.02. The third-order valence-corrected chi connectivity index (χ3v) is 3.12. The molecule has 1 fully saturated rings. The highest BCUT2D eigenvalue weighted by atomic mass is 16.4. The van der Waals surface area contributed by atoms with Crippen molar-refractivity contribution in [2.75, 3.05) is 0 Å². The number of carboxylic acids is 1. The molecule has 0 aromatic carbocycles. The van der Waals surface area contributed by atoms with Crippen molar-refractivity contribution < 1.29 is 19.1 Å². The zero-order valence-corrected chi connectivity index (χ0v) is 9.52. The van der Waals surface area contributed by atoms with Crippen LogP contribution in [0.2, 0.25) is 0 Å². The standard InChI is InChI=1S/C11H14N2O4/c1-7-5-12-8(17-7)6-13-9(14)11(10(15)16)3-2-4-11/h5H,2-4,6H2,1H3,(H,13,14)(H,15,16). The van der Waals surface area contributed by atoms with Gasteiger partial charge in [-0.15, -0.1) is 0 Å². The van der Waals surface area contributed by atoms with Gasteiger partial charge in [-0.05, 0) is 19.8 Å². The monoisotopic (exact) mass is 238 g/mol. The number of carboxylic acid groups (broad SMARTS) is 1. The maximum atomic E-state index is 11.8. The molecule has 1 aromatic rings. The molecule has 1 amide bonds. The fourth-order valence-corrected chi connectivity index (χ4v) is 1.88. The van der Waals surface area contributed by atoms with Crippen molar-refractivity contribution in [3.05, 3.63) is 17.8 Å². The first-order chi connectivity index (χ1) is 8.04. The van der Waals surface area contributed by atoms with E-state index in [1.54, 1.807) is 13.1 Å². The van der Waals surface area contributed by atoms with Crippen LogP contribution >= 0.6 is 0 Å². The van der Waals surface area contributed by atoms with Crippen LogP contribution in [0, 0.1) is 12.3 Å². The molecule has 0 radical (unpaired) electrons. The number of aryl methyl sites for hydroxylation is 1. The van der Waals surface area contributed by atoms with Crippen molar-refractivity contribution >= 4 is 11.9 Å². The largest absolute Gasteiger partial charge is 0.480 e. The van der Waals surface area contributed by atoms with Crippen LogP contribution in [0.5, 0.6) is 0 Å². The van der Waals surface area contributed by atoms with E-state index < -0.39 is 17.3 Å². The molecule has 1 saturated carbocycles. The first-order valence-electron chi connectivity index (χ1n) is 5.47. The first kappa shape index (κ1) is 11.6. The normalized spacial score (nSPS) is 17.2. The number of nitrogens with one attached hydrogen (secondary N) is 1. The Labute approximate surface area is 98.0 Å². The van der Waals surface area contributed by atoms with E-state index in [0.29, 0.717) is 24.5 Å². The number of aromatic nitrogens is 1. The molecule has 2 rings (SSSR count). The highest BCUT2D eigenvalue weighted by Gasteiger charge is 2.51. The molecule has 17 heavy (non-hydrogen) atoms. The lowest BCUT2D eigenvalue weighted by Crippen LogP contribution is -2.50. The Balaban J connectivity index is 1.95. The Hall–Kier alpha value is -1.85. The fraction of sp³-hybridized carbons (Fsp3) is 0.545. The Kier molecular flexibility index (Phi) is 2.87. The topological polar surface area (TPSA) is 92.4 Å². The lowest BCUT2D eigenvalue weighted by Gasteiger charge is -2.35. The summed E-state index contributed by atoms with van der Waals surface area (Å²) in [4.78, 5) is 26.8. The molecule has 1 aliphatic rings. The number of carbonyl (C=O) groups excluding carboxylic acids is 1. The minimum absolute atomic E-state index is 0.127. The molecule has 2 N–H and O–H groups in total. The molecular weight excluding hydrogens is 224 g/mol. The predicted octanol–water partition coefficient (Wildman–Crippen LogP) is 0.854. The third kappa shape index (κ3) is 2.02. The van der Waals surface area contributed by atoms with E-state index in [0.717, 1.165) is 6.42 Å². The smallest absolute Gasteiger partial charge is 0.319 e. The Morgan fingerprint density at radius 1 is 1.59 bits per heavy atom. The van der Waals surface area contributed by atoms with Gasteiger partial charge in [0.05, 0.1) is 12.7 Å². The molecule has 0 bridgehead atoms. The molecule has 1 aliphatic carbocycles. The zero-order valence-electron chi connectivity index (χ0n) is 9.52. The zero-order chi connectivity index (χ0) is 12.5. The van der Waals surface area contributed by atoms with E-state index in [2.05, 4.69) is 10.3 Å². The van der Waals surface area contributed by atoms with Crippen LogP contribution in [0.4, 0.5) is 0 Å². The van der Waals surface area contributed by atoms with Crippen molar-refractivity contribution in [1.82, 2.24) is 10.3 Å². The van der Waals surface area contributed by atoms with Crippen molar-refractivity contribution in [1.29, 1.82) is 0 Å². The molecule has 6 nitrogen and oxygen atoms in total. The Morgan fingerprint density at radius 2 is 2.29 bits per heavy atom. The number of hydrogen-bond donors (Lipinski definition) is 2. The van der Waals surface area contributed by atoms with Crippen LogP contribution in [0.3, 0.4) is 0 Å². The molecular formula is C11H14N2O4. The quantitative estimate of drug-likeness (QED) is 0.759. The third-order valence-electron chi connectivity index (χ3n) is 3.12. The fourth-order valence-electron chi connectivity index (χ4n) is 1.88. The highest BCUT2D eigenvalue weighted by Crippen LogP contribution is 2.41. The number of oxazole rings is 1. The van der Waals surface area contributed by atoms with Crippen molar-refractivity contribution in [3.63, 3.8) is 0 Å². The summed E-state index contributed by atoms with van der Waals surface area (Å²) < 4.78 is 5.19. The number of carbonyl (C=O) groups is 2. The van der Waals surface area contributed by atoms with Crippen LogP contribution in [-0.4, -0.2) is 22.0 Å². The van der Waals surface area contributed by atoms with Crippen LogP contribution in [-0.2, 0) is 16.1 Å². The van der Waals surface area contributed by atoms with Gasteiger partial charge in [0, 0.05) is 0 Å². The second-order valence-corrected chi connectivity index (χ2v) is 4.29. The van der Waals surface area contributed by atoms with E-state index in [4.69, 9.17) is 9.52 Å². The lowest BCUT2D eigenvalue weighted by molar-refractivity contribution is -0.162. The minimum atomic E-state index is -1.23. The molecule has 1 aromatic heterocycles. The van der Waals surface area contributed by atoms with Crippen molar-refractivity contribution in [2.24, 2.45) is 5.41 Å². The first-order valence-corrected chi connectivity index (χ1v) is 5.47. The van der Waals surface area contributed by atoms with Gasteiger partial charge in [-0.25, -0.2) is 4.98 Å². The molecule has 0 unspecified atom stereocenters. The maximum Gasteiger partial charge on any atom is 0.319 e. The van der Waals surface area contributed by atoms with Crippen molar-refractivity contribution in [3.8, 4) is 0 Å². The van der Waals surface area contributed by atoms with Crippen LogP contribution in [0.1, 0.15) is 30.9 Å². The predicted molar refractivity (Wildman–Crippen MR) is 57.0 cm³/mol. The SMILES string of the molecule is Cc1cnc(CNC(=O)C2(C(=O)O)CCC2)o1. The van der Waals surface area contributed by atoms with Gasteiger partial charge in [-0.3, -0.25) is 9.59 Å². The molecule has 6 heteroatoms. The summed E-state index contributed by atoms with van der Waals surface area (Å²) in [5, 5.41) is 11.6. The van der Waals surface area contributed by atoms with E-state index >= 15 is 0 Å². The van der Waals surface area contributed by atoms with Gasteiger partial charge in [0.15, 0.2) is 0 Å². The summed E-state index contributed by atoms with van der Waals surface area (Å²) in [6, 6.07) is 0. The van der Waals surface area contributed by atoms with E-state index in [9.17, 15) is 9.59 Å². The number of aliphatic carboxylic acids is 1. The van der Waals surface area contributed by atoms with E-state index in [-0.39, 0.29) is 6.54 Å². The van der Waals surface area contributed by atoms with Crippen LogP contribution in [0.15, 0.2) is 10.6 Å². The van der Waals surface area contributed by atoms with Gasteiger partial charge in [-0.1, -0.05) is 6.42 Å². The number of rotatable bonds is 4. The lowest BCUT2D eigenvalue weighted by atomic mass is 9.68. The Morgan fingerprint density at radius 3 is 2.71 bits per heavy atom. The van der Waals surface area contributed by atoms with Crippen molar-refractivity contribution in [2.45, 2.75) is 32.7 Å². The summed E-state index contributed by atoms with van der Waals surface area (Å²) in [5.74, 6) is -0.460. The van der Waals surface area contributed by atoms with E-state index in [1.165, 1.54) is 0 Å². The van der Waals surface area contributed by atoms with Crippen LogP contribution in [0.25, 0.3) is 0 Å². The van der Waals surface area contributed by atoms with Crippen LogP contribution < -0.4 is 5.32 Å². The molecule has 0 atom stereocenters. The summed E-state index contributed by atoms with van der Waals surface area (Å²) in [7, 11) is 0. The Bertz CT molecular complexity index is 448. The molecule has 0 saturated heterocycles. The minimum Gasteiger partial charge on any atom is -0.480 e. The summed E-state index contributed by atoms with van der Waals surface area (Å²) in [6.07, 6.45) is 3.13. The van der Waals surface area contributed by atoms with Gasteiger partial charge >= 0.3 is 5.97 Å². The van der Waals surface area contributed by atoms with Gasteiger partial charge in [-0.2, -0.15) is 0 Å². The average Bonchev–Trinajstić information content (AvgIpc) is 2.59.